The van der Waals surface area contributed by atoms with Crippen molar-refractivity contribution in [3.8, 4) is 0 Å². The molecule has 0 aromatic carbocycles. The van der Waals surface area contributed by atoms with E-state index < -0.39 is 0 Å². The number of halogens is 1. The summed E-state index contributed by atoms with van der Waals surface area (Å²) in [6.45, 7) is 6.30. The van der Waals surface area contributed by atoms with E-state index in [1.807, 2.05) is 18.7 Å². The highest BCUT2D eigenvalue weighted by atomic mass is 35.5. The van der Waals surface area contributed by atoms with Crippen LogP contribution in [0.4, 0.5) is 0 Å². The van der Waals surface area contributed by atoms with Gasteiger partial charge >= 0.3 is 0 Å². The first-order chi connectivity index (χ1) is 7.63. The Hall–Kier alpha value is -0.320. The van der Waals surface area contributed by atoms with Gasteiger partial charge in [-0.05, 0) is 33.1 Å². The number of amides is 1. The molecule has 1 amide bonds. The Balaban J connectivity index is 0.00000256. The quantitative estimate of drug-likeness (QED) is 0.792. The topological polar surface area (TPSA) is 55.6 Å². The van der Waals surface area contributed by atoms with Gasteiger partial charge in [-0.3, -0.25) is 4.79 Å². The normalized spacial score (nSPS) is 20.8. The van der Waals surface area contributed by atoms with E-state index in [0.717, 1.165) is 39.0 Å². The smallest absolute Gasteiger partial charge is 0.222 e. The number of ether oxygens (including phenoxy) is 1. The Morgan fingerprint density at radius 1 is 1.59 bits per heavy atom. The monoisotopic (exact) mass is 264 g/mol. The average Bonchev–Trinajstić information content (AvgIpc) is 2.75. The minimum Gasteiger partial charge on any atom is -0.376 e. The summed E-state index contributed by atoms with van der Waals surface area (Å²) < 4.78 is 5.54. The van der Waals surface area contributed by atoms with Crippen LogP contribution in [0.5, 0.6) is 0 Å². The molecule has 0 bridgehead atoms. The highest BCUT2D eigenvalue weighted by molar-refractivity contribution is 5.85. The van der Waals surface area contributed by atoms with E-state index >= 15 is 0 Å². The van der Waals surface area contributed by atoms with E-state index in [2.05, 4.69) is 0 Å². The van der Waals surface area contributed by atoms with Crippen LogP contribution in [0.2, 0.25) is 0 Å². The number of carbonyl (C=O) groups is 1. The summed E-state index contributed by atoms with van der Waals surface area (Å²) in [5.74, 6) is 0.204. The van der Waals surface area contributed by atoms with Crippen LogP contribution in [0.3, 0.4) is 0 Å². The largest absolute Gasteiger partial charge is 0.376 e. The van der Waals surface area contributed by atoms with E-state index in [1.165, 1.54) is 0 Å². The third-order valence-electron chi connectivity index (χ3n) is 3.00. The van der Waals surface area contributed by atoms with Gasteiger partial charge < -0.3 is 15.4 Å². The van der Waals surface area contributed by atoms with Gasteiger partial charge in [0, 0.05) is 32.2 Å². The molecule has 0 aromatic rings. The van der Waals surface area contributed by atoms with E-state index in [-0.39, 0.29) is 30.5 Å². The summed E-state index contributed by atoms with van der Waals surface area (Å²) in [5, 5.41) is 0. The van der Waals surface area contributed by atoms with Gasteiger partial charge in [-0.2, -0.15) is 0 Å². The lowest BCUT2D eigenvalue weighted by atomic mass is 10.1. The van der Waals surface area contributed by atoms with Crippen molar-refractivity contribution in [1.29, 1.82) is 0 Å². The minimum atomic E-state index is 0. The van der Waals surface area contributed by atoms with Crippen LogP contribution in [-0.4, -0.2) is 42.6 Å². The molecule has 1 heterocycles. The van der Waals surface area contributed by atoms with Crippen molar-refractivity contribution in [2.24, 2.45) is 5.73 Å². The zero-order valence-corrected chi connectivity index (χ0v) is 11.7. The van der Waals surface area contributed by atoms with Crippen LogP contribution < -0.4 is 5.73 Å². The zero-order chi connectivity index (χ0) is 12.0. The molecule has 0 radical (unpaired) electrons. The van der Waals surface area contributed by atoms with Crippen LogP contribution in [-0.2, 0) is 9.53 Å². The van der Waals surface area contributed by atoms with Gasteiger partial charge in [0.05, 0.1) is 6.10 Å². The van der Waals surface area contributed by atoms with Gasteiger partial charge in [-0.25, -0.2) is 0 Å². The van der Waals surface area contributed by atoms with Crippen molar-refractivity contribution < 1.29 is 9.53 Å². The van der Waals surface area contributed by atoms with Gasteiger partial charge in [0.25, 0.3) is 0 Å². The van der Waals surface area contributed by atoms with Crippen LogP contribution in [0.1, 0.15) is 39.5 Å². The second kappa shape index (κ2) is 8.72. The molecule has 0 aromatic heterocycles. The zero-order valence-electron chi connectivity index (χ0n) is 10.9. The molecular weight excluding hydrogens is 240 g/mol. The first-order valence-electron chi connectivity index (χ1n) is 6.28. The van der Waals surface area contributed by atoms with Crippen LogP contribution in [0.25, 0.3) is 0 Å². The van der Waals surface area contributed by atoms with E-state index in [9.17, 15) is 4.79 Å². The van der Waals surface area contributed by atoms with Crippen molar-refractivity contribution in [1.82, 2.24) is 4.90 Å². The number of nitrogens with zero attached hydrogens (tertiary/aromatic N) is 1. The fraction of sp³-hybridized carbons (Fsp3) is 0.917. The van der Waals surface area contributed by atoms with Crippen molar-refractivity contribution in [3.05, 3.63) is 0 Å². The lowest BCUT2D eigenvalue weighted by molar-refractivity contribution is -0.132. The molecule has 4 nitrogen and oxygen atoms in total. The number of likely N-dealkylation sites (N-methyl/N-ethyl adjacent to an activating group) is 1. The Morgan fingerprint density at radius 2 is 2.29 bits per heavy atom. The second-order valence-electron chi connectivity index (χ2n) is 4.58. The first-order valence-corrected chi connectivity index (χ1v) is 6.28. The molecule has 0 spiro atoms. The molecule has 2 N–H and O–H groups in total. The third-order valence-corrected chi connectivity index (χ3v) is 3.00. The number of rotatable bonds is 6. The van der Waals surface area contributed by atoms with E-state index in [0.29, 0.717) is 6.42 Å². The summed E-state index contributed by atoms with van der Waals surface area (Å²) in [6.07, 6.45) is 3.77. The van der Waals surface area contributed by atoms with Gasteiger partial charge in [0.15, 0.2) is 0 Å². The van der Waals surface area contributed by atoms with Gasteiger partial charge in [-0.1, -0.05) is 0 Å². The molecule has 1 fully saturated rings. The molecule has 1 aliphatic rings. The predicted octanol–water partition coefficient (Wildman–Crippen LogP) is 1.56. The lowest BCUT2D eigenvalue weighted by Gasteiger charge is -2.24. The highest BCUT2D eigenvalue weighted by Gasteiger charge is 2.21. The maximum absolute atomic E-state index is 11.9. The van der Waals surface area contributed by atoms with Crippen LogP contribution in [0, 0.1) is 0 Å². The third kappa shape index (κ3) is 6.24. The van der Waals surface area contributed by atoms with Crippen LogP contribution in [0.15, 0.2) is 0 Å². The van der Waals surface area contributed by atoms with E-state index in [4.69, 9.17) is 10.5 Å². The molecule has 1 rings (SSSR count). The van der Waals surface area contributed by atoms with Crippen LogP contribution >= 0.6 is 12.4 Å². The number of nitrogens with two attached hydrogens (primary N) is 1. The standard InChI is InChI=1S/C12H24N2O2.ClH/c1-3-14(9-11-5-4-8-16-11)12(15)7-6-10(2)13;/h10-11H,3-9,13H2,1-2H3;1H. The van der Waals surface area contributed by atoms with Gasteiger partial charge in [-0.15, -0.1) is 12.4 Å². The molecular formula is C12H25ClN2O2. The molecule has 5 heteroatoms. The molecule has 2 atom stereocenters. The Labute approximate surface area is 110 Å². The predicted molar refractivity (Wildman–Crippen MR) is 71.4 cm³/mol. The van der Waals surface area contributed by atoms with Crippen molar-refractivity contribution >= 4 is 18.3 Å². The summed E-state index contributed by atoms with van der Waals surface area (Å²) in [6, 6.07) is 0.102. The molecule has 0 aliphatic carbocycles. The number of hydrogen-bond acceptors (Lipinski definition) is 3. The second-order valence-corrected chi connectivity index (χ2v) is 4.58. The summed E-state index contributed by atoms with van der Waals surface area (Å²) in [7, 11) is 0. The van der Waals surface area contributed by atoms with Crippen molar-refractivity contribution in [2.45, 2.75) is 51.7 Å². The Kier molecular flexibility index (Phi) is 8.56. The Bertz CT molecular complexity index is 219. The first kappa shape index (κ1) is 16.7. The molecule has 1 aliphatic heterocycles. The fourth-order valence-electron chi connectivity index (χ4n) is 1.95. The minimum absolute atomic E-state index is 0. The maximum atomic E-state index is 11.9. The van der Waals surface area contributed by atoms with Gasteiger partial charge in [0.2, 0.25) is 5.91 Å². The molecule has 17 heavy (non-hydrogen) atoms. The van der Waals surface area contributed by atoms with Gasteiger partial charge in [0.1, 0.15) is 0 Å². The fourth-order valence-corrected chi connectivity index (χ4v) is 1.95. The Morgan fingerprint density at radius 3 is 2.76 bits per heavy atom. The number of hydrogen-bond donors (Lipinski definition) is 1. The van der Waals surface area contributed by atoms with Crippen molar-refractivity contribution in [3.63, 3.8) is 0 Å². The maximum Gasteiger partial charge on any atom is 0.222 e. The average molecular weight is 265 g/mol. The SMILES string of the molecule is CCN(CC1CCCO1)C(=O)CCC(C)N.Cl. The highest BCUT2D eigenvalue weighted by Crippen LogP contribution is 2.14. The molecule has 2 unspecified atom stereocenters. The summed E-state index contributed by atoms with van der Waals surface area (Å²) in [5.41, 5.74) is 5.65. The van der Waals surface area contributed by atoms with E-state index in [1.54, 1.807) is 0 Å². The summed E-state index contributed by atoms with van der Waals surface area (Å²) in [4.78, 5) is 13.8. The molecule has 1 saturated heterocycles. The van der Waals surface area contributed by atoms with Crippen molar-refractivity contribution in [2.75, 3.05) is 19.7 Å². The molecule has 0 saturated carbocycles. The number of carbonyl (C=O) groups excluding carboxylic acids is 1. The summed E-state index contributed by atoms with van der Waals surface area (Å²) >= 11 is 0. The molecule has 102 valence electrons. The lowest BCUT2D eigenvalue weighted by Crippen LogP contribution is -2.37.